The van der Waals surface area contributed by atoms with Crippen molar-refractivity contribution in [3.8, 4) is 0 Å². The summed E-state index contributed by atoms with van der Waals surface area (Å²) in [4.78, 5) is 15.9. The number of hydrogen-bond donors (Lipinski definition) is 1. The van der Waals surface area contributed by atoms with Gasteiger partial charge in [0, 0.05) is 31.0 Å². The van der Waals surface area contributed by atoms with Crippen molar-refractivity contribution in [3.05, 3.63) is 65.7 Å². The van der Waals surface area contributed by atoms with Crippen LogP contribution in [0.1, 0.15) is 11.1 Å². The molecule has 8 heteroatoms. The first-order chi connectivity index (χ1) is 11.4. The smallest absolute Gasteiger partial charge is 0.235 e. The summed E-state index contributed by atoms with van der Waals surface area (Å²) < 4.78 is 38.3. The maximum atomic E-state index is 13.5. The maximum absolute atomic E-state index is 13.5. The standard InChI is InChI=1S/C16H18FN3O3S/c1-24(22,23)20(11-13-6-8-18-9-7-13)12-16(21)19-10-14-4-2-3-5-15(14)17/h2-9H,10-12H2,1H3,(H,19,21). The molecule has 0 saturated heterocycles. The summed E-state index contributed by atoms with van der Waals surface area (Å²) in [6, 6.07) is 9.43. The molecule has 1 N–H and O–H groups in total. The predicted molar refractivity (Wildman–Crippen MR) is 87.7 cm³/mol. The number of benzene rings is 1. The molecule has 0 aliphatic rings. The second-order valence-electron chi connectivity index (χ2n) is 5.25. The second-order valence-corrected chi connectivity index (χ2v) is 7.24. The summed E-state index contributed by atoms with van der Waals surface area (Å²) >= 11 is 0. The highest BCUT2D eigenvalue weighted by atomic mass is 32.2. The average Bonchev–Trinajstić information content (AvgIpc) is 2.53. The van der Waals surface area contributed by atoms with Crippen LogP contribution in [0.2, 0.25) is 0 Å². The molecule has 128 valence electrons. The Morgan fingerprint density at radius 3 is 2.50 bits per heavy atom. The highest BCUT2D eigenvalue weighted by Gasteiger charge is 2.20. The van der Waals surface area contributed by atoms with Crippen LogP contribution in [-0.4, -0.2) is 36.4 Å². The highest BCUT2D eigenvalue weighted by Crippen LogP contribution is 2.08. The molecule has 6 nitrogen and oxygen atoms in total. The summed E-state index contributed by atoms with van der Waals surface area (Å²) in [6.07, 6.45) is 4.14. The van der Waals surface area contributed by atoms with E-state index in [9.17, 15) is 17.6 Å². The molecule has 2 rings (SSSR count). The van der Waals surface area contributed by atoms with Crippen molar-refractivity contribution in [2.75, 3.05) is 12.8 Å². The van der Waals surface area contributed by atoms with Crippen molar-refractivity contribution in [3.63, 3.8) is 0 Å². The lowest BCUT2D eigenvalue weighted by Gasteiger charge is -2.19. The molecule has 2 aromatic rings. The van der Waals surface area contributed by atoms with E-state index in [1.807, 2.05) is 0 Å². The molecule has 0 aliphatic carbocycles. The van der Waals surface area contributed by atoms with Gasteiger partial charge in [0.05, 0.1) is 12.8 Å². The Kier molecular flexibility index (Phi) is 5.99. The first-order valence-corrected chi connectivity index (χ1v) is 9.05. The number of carbonyl (C=O) groups is 1. The topological polar surface area (TPSA) is 79.4 Å². The zero-order valence-corrected chi connectivity index (χ0v) is 14.0. The molecule has 0 spiro atoms. The largest absolute Gasteiger partial charge is 0.351 e. The minimum atomic E-state index is -3.57. The van der Waals surface area contributed by atoms with E-state index in [1.54, 1.807) is 42.7 Å². The lowest BCUT2D eigenvalue weighted by molar-refractivity contribution is -0.121. The summed E-state index contributed by atoms with van der Waals surface area (Å²) in [5.74, 6) is -0.924. The lowest BCUT2D eigenvalue weighted by atomic mass is 10.2. The monoisotopic (exact) mass is 351 g/mol. The number of nitrogens with one attached hydrogen (secondary N) is 1. The lowest BCUT2D eigenvalue weighted by Crippen LogP contribution is -2.39. The summed E-state index contributed by atoms with van der Waals surface area (Å²) in [6.45, 7) is -0.275. The van der Waals surface area contributed by atoms with Gasteiger partial charge in [-0.2, -0.15) is 4.31 Å². The van der Waals surface area contributed by atoms with E-state index in [-0.39, 0.29) is 19.6 Å². The van der Waals surface area contributed by atoms with Gasteiger partial charge in [0.2, 0.25) is 15.9 Å². The molecule has 0 saturated carbocycles. The van der Waals surface area contributed by atoms with Crippen LogP contribution in [0.4, 0.5) is 4.39 Å². The van der Waals surface area contributed by atoms with Crippen LogP contribution in [0.15, 0.2) is 48.8 Å². The fourth-order valence-electron chi connectivity index (χ4n) is 2.03. The van der Waals surface area contributed by atoms with Crippen LogP contribution in [0.5, 0.6) is 0 Å². The first-order valence-electron chi connectivity index (χ1n) is 7.20. The van der Waals surface area contributed by atoms with Gasteiger partial charge in [0.25, 0.3) is 0 Å². The Bertz CT molecular complexity index is 797. The van der Waals surface area contributed by atoms with E-state index in [0.717, 1.165) is 16.1 Å². The number of rotatable bonds is 7. The van der Waals surface area contributed by atoms with Gasteiger partial charge >= 0.3 is 0 Å². The quantitative estimate of drug-likeness (QED) is 0.815. The third kappa shape index (κ3) is 5.39. The van der Waals surface area contributed by atoms with Crippen molar-refractivity contribution >= 4 is 15.9 Å². The molecule has 1 aromatic heterocycles. The van der Waals surface area contributed by atoms with Gasteiger partial charge in [-0.3, -0.25) is 9.78 Å². The van der Waals surface area contributed by atoms with E-state index in [0.29, 0.717) is 5.56 Å². The summed E-state index contributed by atoms with van der Waals surface area (Å²) in [7, 11) is -3.57. The molecule has 1 heterocycles. The fraction of sp³-hybridized carbons (Fsp3) is 0.250. The minimum absolute atomic E-state index is 0.00162. The Morgan fingerprint density at radius 2 is 1.88 bits per heavy atom. The molecule has 0 aliphatic heterocycles. The van der Waals surface area contributed by atoms with Crippen molar-refractivity contribution in [1.29, 1.82) is 0 Å². The molecular formula is C16H18FN3O3S. The predicted octanol–water partition coefficient (Wildman–Crippen LogP) is 1.30. The van der Waals surface area contributed by atoms with Gasteiger partial charge in [-0.25, -0.2) is 12.8 Å². The first kappa shape index (κ1) is 18.0. The van der Waals surface area contributed by atoms with E-state index in [4.69, 9.17) is 0 Å². The fourth-order valence-corrected chi connectivity index (χ4v) is 2.77. The van der Waals surface area contributed by atoms with E-state index in [2.05, 4.69) is 10.3 Å². The molecule has 0 unspecified atom stereocenters. The number of pyridine rings is 1. The van der Waals surface area contributed by atoms with E-state index < -0.39 is 21.7 Å². The molecule has 24 heavy (non-hydrogen) atoms. The molecule has 0 atom stereocenters. The number of hydrogen-bond acceptors (Lipinski definition) is 4. The number of sulfonamides is 1. The average molecular weight is 351 g/mol. The minimum Gasteiger partial charge on any atom is -0.351 e. The zero-order chi connectivity index (χ0) is 17.6. The van der Waals surface area contributed by atoms with Gasteiger partial charge in [-0.15, -0.1) is 0 Å². The number of aromatic nitrogens is 1. The second kappa shape index (κ2) is 7.98. The van der Waals surface area contributed by atoms with E-state index >= 15 is 0 Å². The molecular weight excluding hydrogens is 333 g/mol. The van der Waals surface area contributed by atoms with Crippen molar-refractivity contribution in [1.82, 2.24) is 14.6 Å². The normalized spacial score (nSPS) is 11.5. The van der Waals surface area contributed by atoms with Crippen molar-refractivity contribution < 1.29 is 17.6 Å². The number of carbonyl (C=O) groups excluding carboxylic acids is 1. The van der Waals surface area contributed by atoms with Crippen molar-refractivity contribution in [2.45, 2.75) is 13.1 Å². The van der Waals surface area contributed by atoms with Gasteiger partial charge in [-0.1, -0.05) is 18.2 Å². The molecule has 1 amide bonds. The zero-order valence-electron chi connectivity index (χ0n) is 13.1. The van der Waals surface area contributed by atoms with Crippen LogP contribution in [0, 0.1) is 5.82 Å². The maximum Gasteiger partial charge on any atom is 0.235 e. The van der Waals surface area contributed by atoms with Crippen LogP contribution >= 0.6 is 0 Å². The number of halogens is 1. The Hall–Kier alpha value is -2.32. The van der Waals surface area contributed by atoms with Crippen molar-refractivity contribution in [2.24, 2.45) is 0 Å². The Labute approximate surface area is 140 Å². The van der Waals surface area contributed by atoms with Crippen LogP contribution in [0.25, 0.3) is 0 Å². The Morgan fingerprint density at radius 1 is 1.21 bits per heavy atom. The third-order valence-corrected chi connectivity index (χ3v) is 4.53. The SMILES string of the molecule is CS(=O)(=O)N(CC(=O)NCc1ccccc1F)Cc1ccncc1. The molecule has 0 fully saturated rings. The van der Waals surface area contributed by atoms with Crippen LogP contribution in [0.3, 0.4) is 0 Å². The van der Waals surface area contributed by atoms with Crippen LogP contribution < -0.4 is 5.32 Å². The Balaban J connectivity index is 1.99. The summed E-state index contributed by atoms with van der Waals surface area (Å²) in [5, 5.41) is 2.53. The van der Waals surface area contributed by atoms with Gasteiger partial charge in [0.15, 0.2) is 0 Å². The highest BCUT2D eigenvalue weighted by molar-refractivity contribution is 7.88. The van der Waals surface area contributed by atoms with Crippen LogP contribution in [-0.2, 0) is 27.9 Å². The van der Waals surface area contributed by atoms with Gasteiger partial charge in [-0.05, 0) is 23.8 Å². The molecule has 0 bridgehead atoms. The number of amides is 1. The molecule has 0 radical (unpaired) electrons. The summed E-state index contributed by atoms with van der Waals surface area (Å²) in [5.41, 5.74) is 1.06. The number of nitrogens with zero attached hydrogens (tertiary/aromatic N) is 2. The van der Waals surface area contributed by atoms with E-state index in [1.165, 1.54) is 6.07 Å². The molecule has 1 aromatic carbocycles. The van der Waals surface area contributed by atoms with Gasteiger partial charge < -0.3 is 5.32 Å². The van der Waals surface area contributed by atoms with Gasteiger partial charge in [0.1, 0.15) is 5.82 Å². The third-order valence-electron chi connectivity index (χ3n) is 3.33.